The third-order valence-electron chi connectivity index (χ3n) is 7.88. The number of anilines is 1. The lowest BCUT2D eigenvalue weighted by molar-refractivity contribution is -0.126. The first-order valence-electron chi connectivity index (χ1n) is 15.0. The first-order valence-corrected chi connectivity index (χ1v) is 15.4. The van der Waals surface area contributed by atoms with Gasteiger partial charge in [0.25, 0.3) is 0 Å². The fraction of sp³-hybridized carbons (Fsp3) is 0.324. The van der Waals surface area contributed by atoms with E-state index in [0.29, 0.717) is 52.8 Å². The Morgan fingerprint density at radius 2 is 1.86 bits per heavy atom. The molecule has 0 fully saturated rings. The Kier molecular flexibility index (Phi) is 10.4. The van der Waals surface area contributed by atoms with Crippen molar-refractivity contribution < 1.29 is 4.79 Å². The van der Waals surface area contributed by atoms with Crippen molar-refractivity contribution in [3.05, 3.63) is 94.2 Å². The molecule has 0 N–H and O–H groups in total. The minimum absolute atomic E-state index is 0.0426. The number of aryl methyl sites for hydroxylation is 1. The molecule has 0 spiro atoms. The summed E-state index contributed by atoms with van der Waals surface area (Å²) in [5.74, 6) is 0.337. The summed E-state index contributed by atoms with van der Waals surface area (Å²) in [6.07, 6.45) is 6.37. The molecule has 4 aromatic rings. The summed E-state index contributed by atoms with van der Waals surface area (Å²) in [6, 6.07) is 11.3. The molecule has 8 nitrogen and oxygen atoms in total. The van der Waals surface area contributed by atoms with Gasteiger partial charge in [0, 0.05) is 30.9 Å². The third-order valence-corrected chi connectivity index (χ3v) is 8.17. The maximum atomic E-state index is 14.2. The monoisotopic (exact) mass is 610 g/mol. The average Bonchev–Trinajstić information content (AvgIpc) is 3.02. The average molecular weight is 611 g/mol. The Labute approximate surface area is 265 Å². The summed E-state index contributed by atoms with van der Waals surface area (Å²) >= 11 is 6.98. The van der Waals surface area contributed by atoms with Crippen molar-refractivity contribution >= 4 is 48.4 Å². The number of hydrogen-bond acceptors (Lipinski definition) is 6. The number of hydrogen-bond donors (Lipinski definition) is 0. The molecule has 0 bridgehead atoms. The minimum atomic E-state index is -0.471. The molecule has 0 saturated carbocycles. The maximum Gasteiger partial charge on any atom is 0.355 e. The van der Waals surface area contributed by atoms with Crippen molar-refractivity contribution in [3.63, 3.8) is 0 Å². The highest BCUT2D eigenvalue weighted by Gasteiger charge is 2.26. The normalized spacial score (nSPS) is 11.9. The smallest absolute Gasteiger partial charge is 0.355 e. The van der Waals surface area contributed by atoms with Crippen LogP contribution in [0.4, 0.5) is 5.82 Å². The van der Waals surface area contributed by atoms with Crippen molar-refractivity contribution in [2.45, 2.75) is 59.4 Å². The zero-order chi connectivity index (χ0) is 32.1. The van der Waals surface area contributed by atoms with E-state index in [0.717, 1.165) is 28.8 Å². The van der Waals surface area contributed by atoms with Crippen molar-refractivity contribution in [2.24, 2.45) is 0 Å². The number of rotatable bonds is 12. The van der Waals surface area contributed by atoms with Crippen LogP contribution >= 0.6 is 11.6 Å². The summed E-state index contributed by atoms with van der Waals surface area (Å²) in [4.78, 5) is 44.9. The number of benzene rings is 1. The largest absolute Gasteiger partial charge is 0.402 e. The van der Waals surface area contributed by atoms with E-state index in [2.05, 4.69) is 43.9 Å². The lowest BCUT2D eigenvalue weighted by atomic mass is 10.0. The quantitative estimate of drug-likeness (QED) is 0.145. The SMILES string of the molecule is BN(c1nc(=O)n(-c2c(CC)ccnc2C(C)C)c2nc(-c3ccccc3C=C)c(Cl)cc12)[C@@H](C)CN(CCC)C(=O)C=C. The van der Waals surface area contributed by atoms with E-state index in [-0.39, 0.29) is 17.9 Å². The maximum absolute atomic E-state index is 14.2. The Bertz CT molecular complexity index is 1770. The van der Waals surface area contributed by atoms with Crippen molar-refractivity contribution in [1.82, 2.24) is 24.4 Å². The van der Waals surface area contributed by atoms with Crippen LogP contribution in [0.1, 0.15) is 63.8 Å². The molecule has 0 unspecified atom stereocenters. The van der Waals surface area contributed by atoms with Crippen LogP contribution in [0.15, 0.2) is 66.6 Å². The molecule has 0 saturated heterocycles. The number of carbonyl (C=O) groups excluding carboxylic acids is 1. The zero-order valence-electron chi connectivity index (χ0n) is 26.5. The van der Waals surface area contributed by atoms with Gasteiger partial charge in [0.05, 0.1) is 27.5 Å². The van der Waals surface area contributed by atoms with Crippen LogP contribution in [0.5, 0.6) is 0 Å². The molecule has 10 heteroatoms. The fourth-order valence-electron chi connectivity index (χ4n) is 5.47. The highest BCUT2D eigenvalue weighted by molar-refractivity contribution is 6.34. The molecule has 0 aliphatic heterocycles. The van der Waals surface area contributed by atoms with Crippen LogP contribution in [-0.2, 0) is 11.2 Å². The van der Waals surface area contributed by atoms with Gasteiger partial charge in [-0.3, -0.25) is 9.78 Å². The van der Waals surface area contributed by atoms with Gasteiger partial charge in [-0.05, 0) is 55.0 Å². The number of halogens is 1. The number of aromatic nitrogens is 4. The lowest BCUT2D eigenvalue weighted by Crippen LogP contribution is -2.44. The van der Waals surface area contributed by atoms with Gasteiger partial charge in [0.1, 0.15) is 5.82 Å². The molecule has 1 aromatic carbocycles. The van der Waals surface area contributed by atoms with Gasteiger partial charge in [0.2, 0.25) is 13.9 Å². The Morgan fingerprint density at radius 3 is 2.50 bits per heavy atom. The van der Waals surface area contributed by atoms with Gasteiger partial charge < -0.3 is 9.71 Å². The van der Waals surface area contributed by atoms with Gasteiger partial charge in [0.15, 0.2) is 5.65 Å². The van der Waals surface area contributed by atoms with Crippen molar-refractivity contribution in [2.75, 3.05) is 17.9 Å². The highest BCUT2D eigenvalue weighted by Crippen LogP contribution is 2.36. The van der Waals surface area contributed by atoms with Gasteiger partial charge in [-0.15, -0.1) is 0 Å². The predicted molar refractivity (Wildman–Crippen MR) is 184 cm³/mol. The standard InChI is InChI=1S/C34H40BClN6O2/c1-8-18-40(28(43)11-4)20-22(7)42(35)33-26-19-27(36)30(25-15-13-12-14-23(25)9-2)38-32(26)41(34(44)39-33)31-24(10-3)16-17-37-29(31)21(5)6/h9,11-17,19,21-22H,2,4,8,10,18,20,35H2,1,3,5-7H3/t22-/m0/s1. The lowest BCUT2D eigenvalue weighted by Gasteiger charge is -2.32. The van der Waals surface area contributed by atoms with Crippen LogP contribution < -0.4 is 10.5 Å². The number of carbonyl (C=O) groups is 1. The molecule has 0 aliphatic carbocycles. The fourth-order valence-corrected chi connectivity index (χ4v) is 5.73. The van der Waals surface area contributed by atoms with Gasteiger partial charge in [-0.25, -0.2) is 14.3 Å². The number of pyridine rings is 2. The van der Waals surface area contributed by atoms with Gasteiger partial charge >= 0.3 is 5.69 Å². The topological polar surface area (TPSA) is 84.2 Å². The van der Waals surface area contributed by atoms with Gasteiger partial charge in [-0.2, -0.15) is 4.98 Å². The molecule has 4 rings (SSSR count). The Hall–Kier alpha value is -4.24. The Balaban J connectivity index is 2.06. The van der Waals surface area contributed by atoms with Crippen LogP contribution in [-0.4, -0.2) is 57.4 Å². The molecule has 1 atom stereocenters. The molecule has 0 aliphatic rings. The molecular formula is C34H40BClN6O2. The summed E-state index contributed by atoms with van der Waals surface area (Å²) < 4.78 is 1.58. The highest BCUT2D eigenvalue weighted by atomic mass is 35.5. The third kappa shape index (κ3) is 6.33. The zero-order valence-corrected chi connectivity index (χ0v) is 27.2. The molecule has 3 aromatic heterocycles. The van der Waals surface area contributed by atoms with Crippen LogP contribution in [0.25, 0.3) is 34.1 Å². The van der Waals surface area contributed by atoms with E-state index in [1.807, 2.05) is 63.0 Å². The van der Waals surface area contributed by atoms with E-state index in [4.69, 9.17) is 16.6 Å². The van der Waals surface area contributed by atoms with Crippen LogP contribution in [0.2, 0.25) is 5.02 Å². The summed E-state index contributed by atoms with van der Waals surface area (Å²) in [6.45, 7) is 18.8. The summed E-state index contributed by atoms with van der Waals surface area (Å²) in [5.41, 5.74) is 4.61. The van der Waals surface area contributed by atoms with Crippen LogP contribution in [0.3, 0.4) is 0 Å². The molecule has 44 heavy (non-hydrogen) atoms. The van der Waals surface area contributed by atoms with E-state index in [1.165, 1.54) is 6.08 Å². The van der Waals surface area contributed by atoms with Gasteiger partial charge in [-0.1, -0.05) is 82.8 Å². The van der Waals surface area contributed by atoms with E-state index in [1.54, 1.807) is 21.7 Å². The summed E-state index contributed by atoms with van der Waals surface area (Å²) in [5, 5.41) is 1.03. The predicted octanol–water partition coefficient (Wildman–Crippen LogP) is 5.99. The van der Waals surface area contributed by atoms with Crippen LogP contribution in [0, 0.1) is 0 Å². The molecule has 0 radical (unpaired) electrons. The number of amides is 1. The number of nitrogens with zero attached hydrogens (tertiary/aromatic N) is 6. The molecule has 3 heterocycles. The van der Waals surface area contributed by atoms with E-state index in [9.17, 15) is 9.59 Å². The molecular weight excluding hydrogens is 571 g/mol. The van der Waals surface area contributed by atoms with Crippen molar-refractivity contribution in [3.8, 4) is 16.9 Å². The second-order valence-electron chi connectivity index (χ2n) is 11.2. The first kappa shape index (κ1) is 32.7. The van der Waals surface area contributed by atoms with E-state index >= 15 is 0 Å². The second kappa shape index (κ2) is 14.0. The van der Waals surface area contributed by atoms with Crippen molar-refractivity contribution in [1.29, 1.82) is 0 Å². The molecule has 228 valence electrons. The minimum Gasteiger partial charge on any atom is -0.402 e. The second-order valence-corrected chi connectivity index (χ2v) is 11.6. The molecule has 1 amide bonds. The van der Waals surface area contributed by atoms with E-state index < -0.39 is 5.69 Å². The summed E-state index contributed by atoms with van der Waals surface area (Å²) in [7, 11) is 1.87. The number of fused-ring (bicyclic) bond motifs is 1. The first-order chi connectivity index (χ1) is 21.1. The Morgan fingerprint density at radius 1 is 1.14 bits per heavy atom.